The molecule has 0 radical (unpaired) electrons. The minimum atomic E-state index is -0.355. The molecule has 0 bridgehead atoms. The molecule has 17 heavy (non-hydrogen) atoms. The number of carbonyl (C=O) groups excluding carboxylic acids is 1. The molecule has 0 aliphatic heterocycles. The highest BCUT2D eigenvalue weighted by atomic mass is 16.5. The minimum absolute atomic E-state index is 0.171. The summed E-state index contributed by atoms with van der Waals surface area (Å²) in [6, 6.07) is 7.01. The second kappa shape index (κ2) is 4.29. The minimum Gasteiger partial charge on any atom is -0.397 e. The van der Waals surface area contributed by atoms with E-state index in [1.807, 2.05) is 19.1 Å². The molecule has 1 aromatic heterocycles. The Balaban J connectivity index is 2.24. The maximum atomic E-state index is 11.8. The lowest BCUT2D eigenvalue weighted by atomic mass is 10.1. The van der Waals surface area contributed by atoms with Crippen molar-refractivity contribution in [3.05, 3.63) is 41.3 Å². The van der Waals surface area contributed by atoms with Gasteiger partial charge in [-0.05, 0) is 25.5 Å². The average molecular weight is 231 g/mol. The Morgan fingerprint density at radius 2 is 2.18 bits per heavy atom. The molecule has 0 spiro atoms. The molecule has 0 aliphatic rings. The van der Waals surface area contributed by atoms with Gasteiger partial charge in [0.25, 0.3) is 5.91 Å². The summed E-state index contributed by atoms with van der Waals surface area (Å²) in [4.78, 5) is 11.8. The van der Waals surface area contributed by atoms with E-state index in [0.29, 0.717) is 17.1 Å². The van der Waals surface area contributed by atoms with Crippen molar-refractivity contribution in [3.63, 3.8) is 0 Å². The number of aromatic nitrogens is 1. The fourth-order valence-electron chi connectivity index (χ4n) is 1.51. The Bertz CT molecular complexity index is 540. The van der Waals surface area contributed by atoms with Gasteiger partial charge in [0.05, 0.1) is 17.1 Å². The van der Waals surface area contributed by atoms with Crippen molar-refractivity contribution in [2.45, 2.75) is 13.8 Å². The molecule has 5 nitrogen and oxygen atoms in total. The van der Waals surface area contributed by atoms with Gasteiger partial charge in [0.1, 0.15) is 0 Å². The van der Waals surface area contributed by atoms with Gasteiger partial charge >= 0.3 is 0 Å². The number of benzene rings is 1. The second-order valence-electron chi connectivity index (χ2n) is 3.83. The fourth-order valence-corrected chi connectivity index (χ4v) is 1.51. The van der Waals surface area contributed by atoms with Crippen LogP contribution in [0.1, 0.15) is 21.8 Å². The average Bonchev–Trinajstić information content (AvgIpc) is 2.70. The van der Waals surface area contributed by atoms with E-state index >= 15 is 0 Å². The number of amides is 1. The molecule has 0 unspecified atom stereocenters. The van der Waals surface area contributed by atoms with Crippen LogP contribution in [-0.2, 0) is 0 Å². The number of nitrogen functional groups attached to an aromatic ring is 1. The number of hydrogen-bond acceptors (Lipinski definition) is 4. The number of nitrogens with zero attached hydrogens (tertiary/aromatic N) is 1. The first-order valence-corrected chi connectivity index (χ1v) is 5.17. The molecule has 88 valence electrons. The van der Waals surface area contributed by atoms with E-state index in [0.717, 1.165) is 5.56 Å². The zero-order chi connectivity index (χ0) is 12.4. The molecule has 2 rings (SSSR count). The van der Waals surface area contributed by atoms with Gasteiger partial charge in [0.15, 0.2) is 0 Å². The Labute approximate surface area is 98.6 Å². The summed E-state index contributed by atoms with van der Waals surface area (Å²) in [5, 5.41) is 6.37. The largest absolute Gasteiger partial charge is 0.397 e. The van der Waals surface area contributed by atoms with Gasteiger partial charge in [-0.1, -0.05) is 17.3 Å². The Kier molecular flexibility index (Phi) is 2.82. The van der Waals surface area contributed by atoms with Crippen LogP contribution in [0, 0.1) is 13.8 Å². The van der Waals surface area contributed by atoms with Crippen LogP contribution in [0.5, 0.6) is 0 Å². The van der Waals surface area contributed by atoms with Crippen LogP contribution in [0.25, 0.3) is 0 Å². The molecule has 0 saturated heterocycles. The third-order valence-electron chi connectivity index (χ3n) is 2.40. The summed E-state index contributed by atoms with van der Waals surface area (Å²) in [6.45, 7) is 3.63. The number of nitrogens with two attached hydrogens (primary N) is 1. The van der Waals surface area contributed by atoms with Crippen molar-refractivity contribution in [1.82, 2.24) is 5.16 Å². The first-order chi connectivity index (χ1) is 8.08. The van der Waals surface area contributed by atoms with Crippen molar-refractivity contribution in [1.29, 1.82) is 0 Å². The lowest BCUT2D eigenvalue weighted by Gasteiger charge is -2.09. The first-order valence-electron chi connectivity index (χ1n) is 5.17. The van der Waals surface area contributed by atoms with E-state index in [9.17, 15) is 4.79 Å². The Hall–Kier alpha value is -2.30. The van der Waals surface area contributed by atoms with Gasteiger partial charge in [-0.15, -0.1) is 0 Å². The maximum absolute atomic E-state index is 11.8. The van der Waals surface area contributed by atoms with Gasteiger partial charge in [0, 0.05) is 6.07 Å². The summed E-state index contributed by atoms with van der Waals surface area (Å²) < 4.78 is 4.88. The summed E-state index contributed by atoms with van der Waals surface area (Å²) in [6.07, 6.45) is 0. The van der Waals surface area contributed by atoms with Crippen LogP contribution < -0.4 is 11.1 Å². The smallest absolute Gasteiger partial charge is 0.294 e. The third-order valence-corrected chi connectivity index (χ3v) is 2.40. The number of rotatable bonds is 2. The quantitative estimate of drug-likeness (QED) is 0.776. The fraction of sp³-hybridized carbons (Fsp3) is 0.167. The predicted molar refractivity (Wildman–Crippen MR) is 64.8 cm³/mol. The number of carbonyl (C=O) groups is 1. The zero-order valence-corrected chi connectivity index (χ0v) is 9.65. The van der Waals surface area contributed by atoms with Crippen molar-refractivity contribution < 1.29 is 9.32 Å². The van der Waals surface area contributed by atoms with Crippen molar-refractivity contribution in [2.24, 2.45) is 0 Å². The predicted octanol–water partition coefficient (Wildman–Crippen LogP) is 2.13. The van der Waals surface area contributed by atoms with E-state index in [4.69, 9.17) is 10.3 Å². The molecule has 1 heterocycles. The van der Waals surface area contributed by atoms with Gasteiger partial charge in [-0.2, -0.15) is 0 Å². The highest BCUT2D eigenvalue weighted by Gasteiger charge is 2.14. The molecule has 1 aromatic carbocycles. The molecule has 0 fully saturated rings. The van der Waals surface area contributed by atoms with E-state index in [1.165, 1.54) is 0 Å². The van der Waals surface area contributed by atoms with Gasteiger partial charge < -0.3 is 15.6 Å². The molecular formula is C12H13N3O2. The molecule has 0 atom stereocenters. The van der Waals surface area contributed by atoms with E-state index in [2.05, 4.69) is 10.5 Å². The summed E-state index contributed by atoms with van der Waals surface area (Å²) in [7, 11) is 0. The van der Waals surface area contributed by atoms with Crippen molar-refractivity contribution >= 4 is 17.3 Å². The molecule has 1 amide bonds. The topological polar surface area (TPSA) is 81.2 Å². The molecule has 0 saturated carbocycles. The molecule has 5 heteroatoms. The van der Waals surface area contributed by atoms with Crippen LogP contribution in [-0.4, -0.2) is 11.1 Å². The Morgan fingerprint density at radius 1 is 1.41 bits per heavy atom. The van der Waals surface area contributed by atoms with Crippen LogP contribution >= 0.6 is 0 Å². The van der Waals surface area contributed by atoms with Crippen LogP contribution in [0.2, 0.25) is 0 Å². The highest BCUT2D eigenvalue weighted by Crippen LogP contribution is 2.23. The molecule has 2 aromatic rings. The second-order valence-corrected chi connectivity index (χ2v) is 3.83. The van der Waals surface area contributed by atoms with Crippen LogP contribution in [0.4, 0.5) is 11.4 Å². The molecule has 0 aliphatic carbocycles. The summed E-state index contributed by atoms with van der Waals surface area (Å²) in [5.74, 6) is -0.184. The number of aryl methyl sites for hydroxylation is 2. The van der Waals surface area contributed by atoms with Gasteiger partial charge in [-0.25, -0.2) is 0 Å². The van der Waals surface area contributed by atoms with Crippen molar-refractivity contribution in [2.75, 3.05) is 11.1 Å². The lowest BCUT2D eigenvalue weighted by Crippen LogP contribution is -2.13. The maximum Gasteiger partial charge on any atom is 0.294 e. The monoisotopic (exact) mass is 231 g/mol. The lowest BCUT2D eigenvalue weighted by molar-refractivity contribution is 0.0988. The zero-order valence-electron chi connectivity index (χ0n) is 9.65. The van der Waals surface area contributed by atoms with Gasteiger partial charge in [0.2, 0.25) is 5.76 Å². The van der Waals surface area contributed by atoms with E-state index in [-0.39, 0.29) is 11.7 Å². The number of hydrogen-bond donors (Lipinski definition) is 2. The first kappa shape index (κ1) is 11.2. The summed E-state index contributed by atoms with van der Waals surface area (Å²) >= 11 is 0. The normalized spacial score (nSPS) is 10.2. The van der Waals surface area contributed by atoms with E-state index < -0.39 is 0 Å². The number of nitrogens with one attached hydrogen (secondary N) is 1. The van der Waals surface area contributed by atoms with Gasteiger partial charge in [-0.3, -0.25) is 4.79 Å². The summed E-state index contributed by atoms with van der Waals surface area (Å²) in [5.41, 5.74) is 8.48. The Morgan fingerprint density at radius 3 is 2.76 bits per heavy atom. The third kappa shape index (κ3) is 2.28. The standard InChI is InChI=1S/C12H13N3O2/c1-7-4-3-5-9(13)11(7)14-12(16)10-6-8(2)15-17-10/h3-6H,13H2,1-2H3,(H,14,16). The number of para-hydroxylation sites is 1. The van der Waals surface area contributed by atoms with Crippen LogP contribution in [0.15, 0.2) is 28.8 Å². The van der Waals surface area contributed by atoms with Crippen molar-refractivity contribution in [3.8, 4) is 0 Å². The molecule has 3 N–H and O–H groups in total. The number of anilines is 2. The highest BCUT2D eigenvalue weighted by molar-refractivity contribution is 6.04. The van der Waals surface area contributed by atoms with Crippen LogP contribution in [0.3, 0.4) is 0 Å². The van der Waals surface area contributed by atoms with E-state index in [1.54, 1.807) is 19.1 Å². The SMILES string of the molecule is Cc1cc(C(=O)Nc2c(C)cccc2N)on1. The molecular weight excluding hydrogens is 218 g/mol.